The molecule has 15 heteroatoms. The molecule has 1 saturated heterocycles. The highest BCUT2D eigenvalue weighted by Crippen LogP contribution is 2.28. The lowest BCUT2D eigenvalue weighted by Gasteiger charge is -2.40. The minimum absolute atomic E-state index is 0.0167. The molecule has 0 spiro atoms. The van der Waals surface area contributed by atoms with Crippen molar-refractivity contribution in [2.75, 3.05) is 61.1 Å². The Labute approximate surface area is 230 Å². The monoisotopic (exact) mass is 565 g/mol. The first-order chi connectivity index (χ1) is 18.3. The van der Waals surface area contributed by atoms with Gasteiger partial charge in [-0.1, -0.05) is 29.8 Å². The Hall–Kier alpha value is -3.36. The molecule has 1 aliphatic rings. The molecule has 2 heterocycles. The summed E-state index contributed by atoms with van der Waals surface area (Å²) in [6, 6.07) is 6.07. The smallest absolute Gasteiger partial charge is 0.244 e. The highest BCUT2D eigenvalue weighted by atomic mass is 35.5. The molecule has 1 fully saturated rings. The molecule has 0 aliphatic carbocycles. The van der Waals surface area contributed by atoms with Gasteiger partial charge in [0.1, 0.15) is 6.04 Å². The van der Waals surface area contributed by atoms with Gasteiger partial charge in [0, 0.05) is 44.7 Å². The van der Waals surface area contributed by atoms with E-state index in [4.69, 9.17) is 17.3 Å². The predicted octanol–water partition coefficient (Wildman–Crippen LogP) is 0.0409. The number of benzene rings is 1. The van der Waals surface area contributed by atoms with Crippen molar-refractivity contribution in [3.63, 3.8) is 0 Å². The van der Waals surface area contributed by atoms with Gasteiger partial charge in [0.2, 0.25) is 35.6 Å². The van der Waals surface area contributed by atoms with Crippen LogP contribution in [0.4, 0.5) is 17.8 Å². The molecule has 0 radical (unpaired) electrons. The SMILES string of the molecule is CNc1nc(N[C@@H](CCO)c2ccccc2Cl)nc(N2CCN(C(=O)CS)[C@H](C(=O)NCCC(N)=O)C2)n1. The topological polar surface area (TPSA) is 179 Å². The molecule has 0 bridgehead atoms. The van der Waals surface area contributed by atoms with Crippen LogP contribution in [0, 0.1) is 0 Å². The number of piperazine rings is 1. The van der Waals surface area contributed by atoms with Gasteiger partial charge in [-0.15, -0.1) is 0 Å². The van der Waals surface area contributed by atoms with E-state index in [1.165, 1.54) is 4.90 Å². The number of nitrogens with two attached hydrogens (primary N) is 1. The molecule has 2 aromatic rings. The minimum atomic E-state index is -0.854. The zero-order valence-corrected chi connectivity index (χ0v) is 22.6. The van der Waals surface area contributed by atoms with Crippen molar-refractivity contribution in [2.24, 2.45) is 5.73 Å². The molecular formula is C23H32ClN9O4S. The Morgan fingerprint density at radius 3 is 2.61 bits per heavy atom. The lowest BCUT2D eigenvalue weighted by Crippen LogP contribution is -2.61. The van der Waals surface area contributed by atoms with Crippen LogP contribution in [0.2, 0.25) is 5.02 Å². The summed E-state index contributed by atoms with van der Waals surface area (Å²) in [4.78, 5) is 53.2. The second-order valence-electron chi connectivity index (χ2n) is 8.48. The Morgan fingerprint density at radius 2 is 1.95 bits per heavy atom. The quantitative estimate of drug-likeness (QED) is 0.192. The van der Waals surface area contributed by atoms with Crippen LogP contribution in [0.3, 0.4) is 0 Å². The summed E-state index contributed by atoms with van der Waals surface area (Å²) in [5.74, 6) is -0.479. The van der Waals surface area contributed by atoms with E-state index in [2.05, 4.69) is 43.5 Å². The summed E-state index contributed by atoms with van der Waals surface area (Å²) in [5, 5.41) is 19.0. The zero-order valence-electron chi connectivity index (χ0n) is 20.9. The number of aliphatic hydroxyl groups is 1. The number of primary amides is 1. The lowest BCUT2D eigenvalue weighted by atomic mass is 10.0. The third kappa shape index (κ3) is 7.58. The summed E-state index contributed by atoms with van der Waals surface area (Å²) in [6.45, 7) is 0.684. The number of hydrogen-bond donors (Lipinski definition) is 6. The van der Waals surface area contributed by atoms with Crippen LogP contribution >= 0.6 is 24.2 Å². The van der Waals surface area contributed by atoms with E-state index < -0.39 is 17.9 Å². The average Bonchev–Trinajstić information content (AvgIpc) is 2.91. The van der Waals surface area contributed by atoms with Gasteiger partial charge in [-0.2, -0.15) is 27.6 Å². The number of aromatic nitrogens is 3. The highest BCUT2D eigenvalue weighted by Gasteiger charge is 2.36. The van der Waals surface area contributed by atoms with Crippen LogP contribution in [-0.2, 0) is 14.4 Å². The number of anilines is 3. The van der Waals surface area contributed by atoms with Gasteiger partial charge >= 0.3 is 0 Å². The molecular weight excluding hydrogens is 534 g/mol. The maximum Gasteiger partial charge on any atom is 0.244 e. The van der Waals surface area contributed by atoms with Gasteiger partial charge in [0.15, 0.2) is 0 Å². The number of halogens is 1. The van der Waals surface area contributed by atoms with E-state index >= 15 is 0 Å². The third-order valence-corrected chi connectivity index (χ3v) is 6.56. The number of carbonyl (C=O) groups is 3. The molecule has 3 rings (SSSR count). The standard InChI is InChI=1S/C23H32ClN9O4S/c1-26-21-29-22(28-16(7-11-34)14-4-2-3-5-15(14)24)31-23(30-21)32-9-10-33(19(36)13-38)17(12-32)20(37)27-8-6-18(25)35/h2-5,16-17,34,38H,6-13H2,1H3,(H2,25,35)(H,27,37)(H2,26,28,29,30,31)/t16-,17-/m0/s1. The second kappa shape index (κ2) is 14.0. The van der Waals surface area contributed by atoms with Crippen molar-refractivity contribution in [3.05, 3.63) is 34.9 Å². The van der Waals surface area contributed by atoms with E-state index in [-0.39, 0.29) is 62.3 Å². The van der Waals surface area contributed by atoms with Crippen molar-refractivity contribution in [2.45, 2.75) is 24.9 Å². The van der Waals surface area contributed by atoms with Crippen LogP contribution in [-0.4, -0.2) is 94.3 Å². The second-order valence-corrected chi connectivity index (χ2v) is 9.20. The van der Waals surface area contributed by atoms with Crippen LogP contribution in [0.25, 0.3) is 0 Å². The average molecular weight is 566 g/mol. The molecule has 0 saturated carbocycles. The Balaban J connectivity index is 1.86. The molecule has 0 unspecified atom stereocenters. The number of rotatable bonds is 12. The van der Waals surface area contributed by atoms with E-state index in [1.54, 1.807) is 18.0 Å². The summed E-state index contributed by atoms with van der Waals surface area (Å²) in [7, 11) is 1.67. The summed E-state index contributed by atoms with van der Waals surface area (Å²) >= 11 is 10.5. The Bertz CT molecular complexity index is 1140. The maximum absolute atomic E-state index is 13.0. The van der Waals surface area contributed by atoms with Gasteiger partial charge in [-0.05, 0) is 18.1 Å². The van der Waals surface area contributed by atoms with E-state index in [9.17, 15) is 19.5 Å². The fourth-order valence-electron chi connectivity index (χ4n) is 4.04. The number of amides is 3. The highest BCUT2D eigenvalue weighted by molar-refractivity contribution is 7.81. The number of nitrogens with zero attached hydrogens (tertiary/aromatic N) is 5. The molecule has 1 aliphatic heterocycles. The van der Waals surface area contributed by atoms with E-state index in [1.807, 2.05) is 18.2 Å². The first-order valence-electron chi connectivity index (χ1n) is 12.0. The number of carbonyl (C=O) groups excluding carboxylic acids is 3. The predicted molar refractivity (Wildman–Crippen MR) is 147 cm³/mol. The number of thiol groups is 1. The number of nitrogens with one attached hydrogen (secondary N) is 3. The largest absolute Gasteiger partial charge is 0.396 e. The summed E-state index contributed by atoms with van der Waals surface area (Å²) in [5.41, 5.74) is 5.94. The Kier molecular flexibility index (Phi) is 10.7. The first-order valence-corrected chi connectivity index (χ1v) is 13.0. The first kappa shape index (κ1) is 29.2. The van der Waals surface area contributed by atoms with Crippen LogP contribution in [0.5, 0.6) is 0 Å². The van der Waals surface area contributed by atoms with Crippen molar-refractivity contribution >= 4 is 59.8 Å². The van der Waals surface area contributed by atoms with Crippen LogP contribution < -0.4 is 26.6 Å². The summed E-state index contributed by atoms with van der Waals surface area (Å²) in [6.07, 6.45) is 0.342. The van der Waals surface area contributed by atoms with Gasteiger partial charge in [0.25, 0.3) is 0 Å². The van der Waals surface area contributed by atoms with Crippen molar-refractivity contribution in [3.8, 4) is 0 Å². The van der Waals surface area contributed by atoms with Gasteiger partial charge in [-0.3, -0.25) is 14.4 Å². The van der Waals surface area contributed by atoms with Crippen molar-refractivity contribution < 1.29 is 19.5 Å². The molecule has 38 heavy (non-hydrogen) atoms. The molecule has 3 amide bonds. The fourth-order valence-corrected chi connectivity index (χ4v) is 4.48. The third-order valence-electron chi connectivity index (χ3n) is 5.94. The molecule has 1 aromatic carbocycles. The molecule has 13 nitrogen and oxygen atoms in total. The van der Waals surface area contributed by atoms with Gasteiger partial charge < -0.3 is 36.6 Å². The zero-order chi connectivity index (χ0) is 27.7. The number of hydrogen-bond acceptors (Lipinski definition) is 11. The molecule has 1 aromatic heterocycles. The molecule has 6 N–H and O–H groups in total. The van der Waals surface area contributed by atoms with Crippen molar-refractivity contribution in [1.82, 2.24) is 25.2 Å². The maximum atomic E-state index is 13.0. The van der Waals surface area contributed by atoms with E-state index in [0.29, 0.717) is 23.9 Å². The normalized spacial score (nSPS) is 16.1. The minimum Gasteiger partial charge on any atom is -0.396 e. The van der Waals surface area contributed by atoms with Gasteiger partial charge in [-0.25, -0.2) is 0 Å². The number of aliphatic hydroxyl groups excluding tert-OH is 1. The van der Waals surface area contributed by atoms with Crippen LogP contribution in [0.15, 0.2) is 24.3 Å². The lowest BCUT2D eigenvalue weighted by molar-refractivity contribution is -0.139. The van der Waals surface area contributed by atoms with Crippen molar-refractivity contribution in [1.29, 1.82) is 0 Å². The Morgan fingerprint density at radius 1 is 1.21 bits per heavy atom. The molecule has 2 atom stereocenters. The fraction of sp³-hybridized carbons (Fsp3) is 0.478. The van der Waals surface area contributed by atoms with Gasteiger partial charge in [0.05, 0.1) is 18.3 Å². The van der Waals surface area contributed by atoms with E-state index in [0.717, 1.165) is 5.56 Å². The molecule has 206 valence electrons. The van der Waals surface area contributed by atoms with Crippen LogP contribution in [0.1, 0.15) is 24.4 Å². The summed E-state index contributed by atoms with van der Waals surface area (Å²) < 4.78 is 0.